The Balaban J connectivity index is 2.38. The Bertz CT molecular complexity index is 869. The number of hydrogen-bond donors (Lipinski definition) is 0. The first kappa shape index (κ1) is 28.4. The molecule has 0 unspecified atom stereocenters. The normalized spacial score (nSPS) is 14.8. The zero-order valence-electron chi connectivity index (χ0n) is 19.9. The van der Waals surface area contributed by atoms with E-state index in [0.717, 1.165) is 23.7 Å². The van der Waals surface area contributed by atoms with Crippen LogP contribution in [0, 0.1) is 0 Å². The molecule has 2 aromatic carbocycles. The first-order valence-corrected chi connectivity index (χ1v) is 14.0. The molecule has 0 heterocycles. The van der Waals surface area contributed by atoms with Gasteiger partial charge in [-0.25, -0.2) is 0 Å². The Labute approximate surface area is 198 Å². The van der Waals surface area contributed by atoms with Gasteiger partial charge in [0.05, 0.1) is 24.3 Å². The van der Waals surface area contributed by atoms with Gasteiger partial charge >= 0.3 is 12.4 Å². The minimum absolute atomic E-state index is 0.0137. The predicted molar refractivity (Wildman–Crippen MR) is 123 cm³/mol. The van der Waals surface area contributed by atoms with Crippen LogP contribution in [0.2, 0.25) is 18.1 Å². The molecule has 0 N–H and O–H groups in total. The summed E-state index contributed by atoms with van der Waals surface area (Å²) in [5.41, 5.74) is -2.85. The van der Waals surface area contributed by atoms with Crippen molar-refractivity contribution in [1.29, 1.82) is 0 Å². The molecule has 2 rings (SSSR count). The van der Waals surface area contributed by atoms with Crippen LogP contribution in [0.4, 0.5) is 26.3 Å². The van der Waals surface area contributed by atoms with Gasteiger partial charge in [0, 0.05) is 0 Å². The van der Waals surface area contributed by atoms with Crippen LogP contribution < -0.4 is 0 Å². The molecule has 0 aliphatic rings. The Kier molecular flexibility index (Phi) is 9.41. The fourth-order valence-electron chi connectivity index (χ4n) is 4.11. The summed E-state index contributed by atoms with van der Waals surface area (Å²) in [4.78, 5) is 0. The smallest absolute Gasteiger partial charge is 0.405 e. The highest BCUT2D eigenvalue weighted by Crippen LogP contribution is 2.39. The number of ether oxygens (including phenoxy) is 1. The molecule has 0 saturated carbocycles. The van der Waals surface area contributed by atoms with Crippen molar-refractivity contribution < 1.29 is 35.5 Å². The lowest BCUT2D eigenvalue weighted by atomic mass is 9.92. The molecule has 0 bridgehead atoms. The molecular weight excluding hydrogens is 474 g/mol. The SMILES string of the molecule is CC[C@](COCc1cc(C(F)(F)F)cc(C(F)(F)F)c1)(O[Si](CC)(CC)CC)c1ccccc1. The molecule has 0 amide bonds. The highest BCUT2D eigenvalue weighted by Gasteiger charge is 2.42. The van der Waals surface area contributed by atoms with Gasteiger partial charge in [-0.15, -0.1) is 0 Å². The molecule has 34 heavy (non-hydrogen) atoms. The maximum Gasteiger partial charge on any atom is 0.416 e. The predicted octanol–water partition coefficient (Wildman–Crippen LogP) is 8.57. The third-order valence-electron chi connectivity index (χ3n) is 6.47. The summed E-state index contributed by atoms with van der Waals surface area (Å²) in [6, 6.07) is 13.6. The van der Waals surface area contributed by atoms with Crippen molar-refractivity contribution in [2.75, 3.05) is 6.61 Å². The van der Waals surface area contributed by atoms with E-state index >= 15 is 0 Å². The van der Waals surface area contributed by atoms with Crippen molar-refractivity contribution in [2.45, 2.75) is 76.8 Å². The third kappa shape index (κ3) is 6.85. The maximum atomic E-state index is 13.2. The number of halogens is 6. The van der Waals surface area contributed by atoms with Gasteiger partial charge in [-0.05, 0) is 53.9 Å². The first-order chi connectivity index (χ1) is 15.8. The van der Waals surface area contributed by atoms with E-state index in [1.165, 1.54) is 0 Å². The summed E-state index contributed by atoms with van der Waals surface area (Å²) in [5, 5.41) is 0. The summed E-state index contributed by atoms with van der Waals surface area (Å²) in [6.07, 6.45) is -9.25. The summed E-state index contributed by atoms with van der Waals surface area (Å²) in [7, 11) is -2.13. The quantitative estimate of drug-likeness (QED) is 0.224. The van der Waals surface area contributed by atoms with Crippen molar-refractivity contribution in [3.8, 4) is 0 Å². The van der Waals surface area contributed by atoms with Crippen molar-refractivity contribution in [3.63, 3.8) is 0 Å². The van der Waals surface area contributed by atoms with Gasteiger partial charge in [0.15, 0.2) is 8.32 Å². The third-order valence-corrected chi connectivity index (χ3v) is 11.2. The fourth-order valence-corrected chi connectivity index (χ4v) is 7.19. The van der Waals surface area contributed by atoms with Gasteiger partial charge in [-0.1, -0.05) is 58.0 Å². The molecule has 0 spiro atoms. The van der Waals surface area contributed by atoms with E-state index < -0.39 is 44.0 Å². The number of alkyl halides is 6. The van der Waals surface area contributed by atoms with E-state index in [0.29, 0.717) is 18.6 Å². The van der Waals surface area contributed by atoms with Gasteiger partial charge in [0.25, 0.3) is 0 Å². The van der Waals surface area contributed by atoms with Crippen LogP contribution in [-0.4, -0.2) is 14.9 Å². The van der Waals surface area contributed by atoms with Crippen molar-refractivity contribution >= 4 is 8.32 Å². The molecule has 190 valence electrons. The minimum atomic E-state index is -4.90. The highest BCUT2D eigenvalue weighted by atomic mass is 28.4. The molecule has 0 saturated heterocycles. The number of benzene rings is 2. The molecule has 1 atom stereocenters. The minimum Gasteiger partial charge on any atom is -0.405 e. The van der Waals surface area contributed by atoms with Crippen LogP contribution in [0.5, 0.6) is 0 Å². The van der Waals surface area contributed by atoms with Crippen LogP contribution in [-0.2, 0) is 33.7 Å². The molecule has 9 heteroatoms. The van der Waals surface area contributed by atoms with Gasteiger partial charge < -0.3 is 9.16 Å². The highest BCUT2D eigenvalue weighted by molar-refractivity contribution is 6.73. The van der Waals surface area contributed by atoms with Crippen molar-refractivity contribution in [1.82, 2.24) is 0 Å². The lowest BCUT2D eigenvalue weighted by Gasteiger charge is -2.42. The molecule has 0 fully saturated rings. The second-order valence-electron chi connectivity index (χ2n) is 8.47. The van der Waals surface area contributed by atoms with E-state index in [9.17, 15) is 26.3 Å². The second-order valence-corrected chi connectivity index (χ2v) is 13.2. The topological polar surface area (TPSA) is 18.5 Å². The Morgan fingerprint density at radius 2 is 1.21 bits per heavy atom. The average Bonchev–Trinajstić information content (AvgIpc) is 2.81. The largest absolute Gasteiger partial charge is 0.416 e. The average molecular weight is 507 g/mol. The van der Waals surface area contributed by atoms with Crippen LogP contribution in [0.15, 0.2) is 48.5 Å². The molecular formula is C25H32F6O2Si. The van der Waals surface area contributed by atoms with Gasteiger partial charge in [-0.3, -0.25) is 0 Å². The Morgan fingerprint density at radius 1 is 0.706 bits per heavy atom. The first-order valence-electron chi connectivity index (χ1n) is 11.5. The van der Waals surface area contributed by atoms with E-state index in [-0.39, 0.29) is 18.2 Å². The van der Waals surface area contributed by atoms with Crippen LogP contribution >= 0.6 is 0 Å². The molecule has 2 nitrogen and oxygen atoms in total. The van der Waals surface area contributed by atoms with Gasteiger partial charge in [-0.2, -0.15) is 26.3 Å². The lowest BCUT2D eigenvalue weighted by molar-refractivity contribution is -0.143. The lowest BCUT2D eigenvalue weighted by Crippen LogP contribution is -2.47. The number of hydrogen-bond acceptors (Lipinski definition) is 2. The fraction of sp³-hybridized carbons (Fsp3) is 0.520. The zero-order valence-corrected chi connectivity index (χ0v) is 20.9. The molecule has 2 aromatic rings. The zero-order chi connectivity index (χ0) is 25.6. The van der Waals surface area contributed by atoms with E-state index in [2.05, 4.69) is 20.8 Å². The van der Waals surface area contributed by atoms with Crippen LogP contribution in [0.3, 0.4) is 0 Å². The number of rotatable bonds is 11. The van der Waals surface area contributed by atoms with E-state index in [4.69, 9.17) is 9.16 Å². The summed E-state index contributed by atoms with van der Waals surface area (Å²) < 4.78 is 91.9. The molecule has 0 radical (unpaired) electrons. The summed E-state index contributed by atoms with van der Waals surface area (Å²) in [6.45, 7) is 7.83. The monoisotopic (exact) mass is 506 g/mol. The van der Waals surface area contributed by atoms with E-state index in [1.807, 2.05) is 37.3 Å². The van der Waals surface area contributed by atoms with Gasteiger partial charge in [0.2, 0.25) is 0 Å². The maximum absolute atomic E-state index is 13.2. The van der Waals surface area contributed by atoms with Crippen molar-refractivity contribution in [2.24, 2.45) is 0 Å². The summed E-state index contributed by atoms with van der Waals surface area (Å²) >= 11 is 0. The van der Waals surface area contributed by atoms with Crippen LogP contribution in [0.1, 0.15) is 56.4 Å². The summed E-state index contributed by atoms with van der Waals surface area (Å²) in [5.74, 6) is 0. The van der Waals surface area contributed by atoms with Gasteiger partial charge in [0.1, 0.15) is 5.60 Å². The van der Waals surface area contributed by atoms with Crippen LogP contribution in [0.25, 0.3) is 0 Å². The Hall–Kier alpha value is -1.84. The van der Waals surface area contributed by atoms with Crippen molar-refractivity contribution in [3.05, 3.63) is 70.8 Å². The standard InChI is InChI=1S/C25H32F6O2Si/c1-5-23(20-12-10-9-11-13-20,33-34(6-2,7-3)8-4)18-32-17-19-14-21(24(26,27)28)16-22(15-19)25(29,30)31/h9-16H,5-8,17-18H2,1-4H3/t23-/m1/s1. The Morgan fingerprint density at radius 3 is 1.62 bits per heavy atom. The second kappa shape index (κ2) is 11.3. The van der Waals surface area contributed by atoms with E-state index in [1.54, 1.807) is 0 Å². The molecule has 0 aliphatic heterocycles. The molecule has 0 aliphatic carbocycles. The molecule has 0 aromatic heterocycles.